The van der Waals surface area contributed by atoms with Crippen LogP contribution in [-0.2, 0) is 11.2 Å². The molecule has 2 aliphatic rings. The van der Waals surface area contributed by atoms with Crippen molar-refractivity contribution < 1.29 is 4.79 Å². The predicted octanol–water partition coefficient (Wildman–Crippen LogP) is 2.45. The zero-order valence-corrected chi connectivity index (χ0v) is 11.6. The lowest BCUT2D eigenvalue weighted by molar-refractivity contribution is -0.131. The molecule has 3 rings (SSSR count). The maximum Gasteiger partial charge on any atom is 0.222 e. The van der Waals surface area contributed by atoms with Gasteiger partial charge in [0.25, 0.3) is 0 Å². The molecule has 2 heterocycles. The summed E-state index contributed by atoms with van der Waals surface area (Å²) in [5, 5.41) is 0. The highest BCUT2D eigenvalue weighted by atomic mass is 16.2. The highest BCUT2D eigenvalue weighted by Gasteiger charge is 2.33. The fourth-order valence-corrected chi connectivity index (χ4v) is 3.37. The Morgan fingerprint density at radius 3 is 3.00 bits per heavy atom. The molecular formula is C16H22N2O. The minimum absolute atomic E-state index is 0.334. The van der Waals surface area contributed by atoms with Crippen molar-refractivity contribution in [1.82, 2.24) is 4.90 Å². The van der Waals surface area contributed by atoms with Crippen molar-refractivity contribution in [3.05, 3.63) is 29.8 Å². The molecule has 3 nitrogen and oxygen atoms in total. The number of carbonyl (C=O) groups is 1. The number of nitrogens with zero attached hydrogens (tertiary/aromatic N) is 2. The fourth-order valence-electron chi connectivity index (χ4n) is 3.37. The van der Waals surface area contributed by atoms with Crippen LogP contribution in [0.25, 0.3) is 0 Å². The third-order valence-corrected chi connectivity index (χ3v) is 4.27. The normalized spacial score (nSPS) is 21.8. The average Bonchev–Trinajstić information content (AvgIpc) is 2.63. The van der Waals surface area contributed by atoms with Gasteiger partial charge in [0.05, 0.1) is 6.04 Å². The topological polar surface area (TPSA) is 23.6 Å². The molecule has 0 aliphatic carbocycles. The van der Waals surface area contributed by atoms with Crippen molar-refractivity contribution in [3.63, 3.8) is 0 Å². The zero-order chi connectivity index (χ0) is 13.2. The number of rotatable bonds is 2. The van der Waals surface area contributed by atoms with Crippen LogP contribution in [-0.4, -0.2) is 36.5 Å². The number of carbonyl (C=O) groups excluding carboxylic acids is 1. The Kier molecular flexibility index (Phi) is 3.45. The quantitative estimate of drug-likeness (QED) is 0.813. The van der Waals surface area contributed by atoms with Crippen LogP contribution in [0.15, 0.2) is 24.3 Å². The summed E-state index contributed by atoms with van der Waals surface area (Å²) in [4.78, 5) is 16.7. The first kappa shape index (κ1) is 12.5. The highest BCUT2D eigenvalue weighted by molar-refractivity contribution is 5.76. The van der Waals surface area contributed by atoms with E-state index >= 15 is 0 Å². The SMILES string of the molecule is CCCC(=O)N1CCCN2c3ccccc3CC2C1. The van der Waals surface area contributed by atoms with Gasteiger partial charge in [-0.05, 0) is 30.9 Å². The summed E-state index contributed by atoms with van der Waals surface area (Å²) in [5.74, 6) is 0.334. The van der Waals surface area contributed by atoms with Crippen LogP contribution in [0.1, 0.15) is 31.7 Å². The number of anilines is 1. The molecule has 2 aliphatic heterocycles. The molecule has 0 N–H and O–H groups in total. The average molecular weight is 258 g/mol. The van der Waals surface area contributed by atoms with E-state index in [1.165, 1.54) is 11.3 Å². The van der Waals surface area contributed by atoms with Crippen LogP contribution in [0, 0.1) is 0 Å². The molecule has 19 heavy (non-hydrogen) atoms. The van der Waals surface area contributed by atoms with Gasteiger partial charge in [0, 0.05) is 31.7 Å². The van der Waals surface area contributed by atoms with Gasteiger partial charge in [-0.15, -0.1) is 0 Å². The summed E-state index contributed by atoms with van der Waals surface area (Å²) in [6, 6.07) is 9.17. The Morgan fingerprint density at radius 1 is 1.32 bits per heavy atom. The third kappa shape index (κ3) is 2.34. The first-order chi connectivity index (χ1) is 9.29. The molecule has 1 fully saturated rings. The molecule has 1 amide bonds. The Hall–Kier alpha value is -1.51. The fraction of sp³-hybridized carbons (Fsp3) is 0.562. The molecule has 0 aromatic heterocycles. The molecule has 0 bridgehead atoms. The van der Waals surface area contributed by atoms with E-state index in [4.69, 9.17) is 0 Å². The van der Waals surface area contributed by atoms with Gasteiger partial charge in [0.15, 0.2) is 0 Å². The maximum atomic E-state index is 12.1. The van der Waals surface area contributed by atoms with Crippen LogP contribution >= 0.6 is 0 Å². The van der Waals surface area contributed by atoms with Gasteiger partial charge in [-0.25, -0.2) is 0 Å². The van der Waals surface area contributed by atoms with Crippen molar-refractivity contribution in [3.8, 4) is 0 Å². The Morgan fingerprint density at radius 2 is 2.16 bits per heavy atom. The summed E-state index contributed by atoms with van der Waals surface area (Å²) in [5.41, 5.74) is 2.83. The van der Waals surface area contributed by atoms with E-state index in [0.29, 0.717) is 18.4 Å². The van der Waals surface area contributed by atoms with E-state index in [0.717, 1.165) is 38.9 Å². The lowest BCUT2D eigenvalue weighted by atomic mass is 10.1. The van der Waals surface area contributed by atoms with E-state index in [9.17, 15) is 4.79 Å². The molecule has 0 radical (unpaired) electrons. The van der Waals surface area contributed by atoms with Gasteiger partial charge < -0.3 is 9.80 Å². The van der Waals surface area contributed by atoms with Crippen LogP contribution in [0.2, 0.25) is 0 Å². The Labute approximate surface area is 115 Å². The largest absolute Gasteiger partial charge is 0.366 e. The summed E-state index contributed by atoms with van der Waals surface area (Å²) in [7, 11) is 0. The molecule has 1 aromatic rings. The smallest absolute Gasteiger partial charge is 0.222 e. The summed E-state index contributed by atoms with van der Waals surface area (Å²) < 4.78 is 0. The lowest BCUT2D eigenvalue weighted by Crippen LogP contribution is -2.41. The lowest BCUT2D eigenvalue weighted by Gasteiger charge is -2.27. The molecular weight excluding hydrogens is 236 g/mol. The Bertz CT molecular complexity index is 472. The molecule has 1 unspecified atom stereocenters. The zero-order valence-electron chi connectivity index (χ0n) is 11.6. The van der Waals surface area contributed by atoms with Gasteiger partial charge >= 0.3 is 0 Å². The standard InChI is InChI=1S/C16H22N2O/c1-2-6-16(19)17-9-5-10-18-14(12-17)11-13-7-3-4-8-15(13)18/h3-4,7-8,14H,2,5-6,9-12H2,1H3. The van der Waals surface area contributed by atoms with E-state index in [-0.39, 0.29) is 0 Å². The van der Waals surface area contributed by atoms with Gasteiger partial charge in [-0.3, -0.25) is 4.79 Å². The second-order valence-corrected chi connectivity index (χ2v) is 5.62. The number of amides is 1. The summed E-state index contributed by atoms with van der Waals surface area (Å²) >= 11 is 0. The molecule has 102 valence electrons. The highest BCUT2D eigenvalue weighted by Crippen LogP contribution is 2.33. The van der Waals surface area contributed by atoms with Crippen molar-refractivity contribution in [1.29, 1.82) is 0 Å². The number of hydrogen-bond acceptors (Lipinski definition) is 2. The molecule has 0 saturated carbocycles. The molecule has 1 atom stereocenters. The van der Waals surface area contributed by atoms with Crippen LogP contribution in [0.4, 0.5) is 5.69 Å². The van der Waals surface area contributed by atoms with Crippen molar-refractivity contribution in [2.24, 2.45) is 0 Å². The number of benzene rings is 1. The van der Waals surface area contributed by atoms with Crippen molar-refractivity contribution in [2.45, 2.75) is 38.6 Å². The second-order valence-electron chi connectivity index (χ2n) is 5.62. The monoisotopic (exact) mass is 258 g/mol. The molecule has 3 heteroatoms. The van der Waals surface area contributed by atoms with E-state index in [1.54, 1.807) is 0 Å². The van der Waals surface area contributed by atoms with Crippen LogP contribution < -0.4 is 4.90 Å². The summed E-state index contributed by atoms with van der Waals surface area (Å²) in [6.45, 7) is 4.98. The first-order valence-electron chi connectivity index (χ1n) is 7.42. The van der Waals surface area contributed by atoms with Crippen molar-refractivity contribution >= 4 is 11.6 Å². The minimum atomic E-state index is 0.334. The number of hydrogen-bond donors (Lipinski definition) is 0. The van der Waals surface area contributed by atoms with E-state index in [2.05, 4.69) is 41.0 Å². The first-order valence-corrected chi connectivity index (χ1v) is 7.42. The summed E-state index contributed by atoms with van der Waals surface area (Å²) in [6.07, 6.45) is 3.82. The molecule has 1 saturated heterocycles. The van der Waals surface area contributed by atoms with Crippen LogP contribution in [0.3, 0.4) is 0 Å². The van der Waals surface area contributed by atoms with E-state index in [1.807, 2.05) is 0 Å². The molecule has 0 spiro atoms. The van der Waals surface area contributed by atoms with Crippen LogP contribution in [0.5, 0.6) is 0 Å². The van der Waals surface area contributed by atoms with Gasteiger partial charge in [-0.2, -0.15) is 0 Å². The van der Waals surface area contributed by atoms with Gasteiger partial charge in [-0.1, -0.05) is 25.1 Å². The number of para-hydroxylation sites is 1. The van der Waals surface area contributed by atoms with Crippen molar-refractivity contribution in [2.75, 3.05) is 24.5 Å². The molecule has 1 aromatic carbocycles. The second kappa shape index (κ2) is 5.24. The van der Waals surface area contributed by atoms with Gasteiger partial charge in [0.1, 0.15) is 0 Å². The number of fused-ring (bicyclic) bond motifs is 3. The van der Waals surface area contributed by atoms with Gasteiger partial charge in [0.2, 0.25) is 5.91 Å². The van der Waals surface area contributed by atoms with E-state index < -0.39 is 0 Å². The maximum absolute atomic E-state index is 12.1. The Balaban J connectivity index is 1.77. The minimum Gasteiger partial charge on any atom is -0.366 e. The third-order valence-electron chi connectivity index (χ3n) is 4.27. The predicted molar refractivity (Wildman–Crippen MR) is 77.4 cm³/mol.